The number of rotatable bonds is 4. The highest BCUT2D eigenvalue weighted by Crippen LogP contribution is 2.44. The molecule has 2 atom stereocenters. The van der Waals surface area contributed by atoms with Gasteiger partial charge in [0.25, 0.3) is 0 Å². The van der Waals surface area contributed by atoms with Crippen LogP contribution in [0.15, 0.2) is 90.7 Å². The fraction of sp³-hybridized carbons (Fsp3) is 0.125. The zero-order chi connectivity index (χ0) is 20.9. The number of hydrogen-bond acceptors (Lipinski definition) is 4. The van der Waals surface area contributed by atoms with E-state index >= 15 is 0 Å². The number of nitrogens with zero attached hydrogens (tertiary/aromatic N) is 1. The predicted octanol–water partition coefficient (Wildman–Crippen LogP) is 4.95. The third-order valence-electron chi connectivity index (χ3n) is 4.80. The molecule has 0 N–H and O–H groups in total. The Kier molecular flexibility index (Phi) is 5.59. The molecule has 1 fully saturated rings. The van der Waals surface area contributed by atoms with Crippen LogP contribution in [0.3, 0.4) is 0 Å². The summed E-state index contributed by atoms with van der Waals surface area (Å²) < 4.78 is 24.8. The highest BCUT2D eigenvalue weighted by Gasteiger charge is 2.46. The predicted molar refractivity (Wildman–Crippen MR) is 107 cm³/mol. The van der Waals surface area contributed by atoms with Gasteiger partial charge >= 0.3 is 6.09 Å². The van der Waals surface area contributed by atoms with Crippen molar-refractivity contribution in [2.45, 2.75) is 18.9 Å². The smallest absolute Gasteiger partial charge is 0.414 e. The van der Waals surface area contributed by atoms with Crippen molar-refractivity contribution >= 4 is 12.0 Å². The lowest BCUT2D eigenvalue weighted by Crippen LogP contribution is -2.34. The minimum atomic E-state index is -0.878. The highest BCUT2D eigenvalue weighted by molar-refractivity contribution is 5.72. The summed E-state index contributed by atoms with van der Waals surface area (Å²) in [6.07, 6.45) is -1.53. The molecule has 1 amide bonds. The summed E-state index contributed by atoms with van der Waals surface area (Å²) in [5, 5.41) is 0. The first kappa shape index (κ1) is 19.4. The van der Waals surface area contributed by atoms with E-state index in [0.717, 1.165) is 5.56 Å². The fourth-order valence-corrected chi connectivity index (χ4v) is 3.38. The lowest BCUT2D eigenvalue weighted by Gasteiger charge is -2.26. The zero-order valence-corrected chi connectivity index (χ0v) is 15.9. The maximum atomic E-state index is 13.4. The van der Waals surface area contributed by atoms with E-state index in [2.05, 4.69) is 0 Å². The summed E-state index contributed by atoms with van der Waals surface area (Å²) in [5.41, 5.74) is 2.02. The molecule has 3 aromatic rings. The molecular formula is C24H18FNO4. The molecule has 0 aliphatic carbocycles. The van der Waals surface area contributed by atoms with Gasteiger partial charge in [-0.25, -0.2) is 14.0 Å². The monoisotopic (exact) mass is 403 g/mol. The van der Waals surface area contributed by atoms with E-state index < -0.39 is 24.2 Å². The van der Waals surface area contributed by atoms with Crippen LogP contribution in [0.1, 0.15) is 29.0 Å². The molecule has 0 saturated carbocycles. The topological polar surface area (TPSA) is 55.8 Å². The minimum Gasteiger partial charge on any atom is -0.456 e. The van der Waals surface area contributed by atoms with Gasteiger partial charge in [0.1, 0.15) is 18.5 Å². The van der Waals surface area contributed by atoms with E-state index in [0.29, 0.717) is 11.1 Å². The molecule has 0 unspecified atom stereocenters. The summed E-state index contributed by atoms with van der Waals surface area (Å²) in [6.45, 7) is 0.0635. The molecule has 1 aliphatic rings. The first-order valence-electron chi connectivity index (χ1n) is 9.38. The van der Waals surface area contributed by atoms with Gasteiger partial charge in [-0.3, -0.25) is 4.90 Å². The molecule has 0 bridgehead atoms. The second kappa shape index (κ2) is 8.64. The van der Waals surface area contributed by atoms with E-state index in [1.807, 2.05) is 48.5 Å². The second-order valence-electron chi connectivity index (χ2n) is 6.75. The van der Waals surface area contributed by atoms with Gasteiger partial charge in [-0.1, -0.05) is 72.8 Å². The number of hydrogen-bond donors (Lipinski definition) is 0. The maximum Gasteiger partial charge on any atom is 0.414 e. The van der Waals surface area contributed by atoms with Gasteiger partial charge in [0, 0.05) is 5.56 Å². The molecule has 4 rings (SSSR count). The second-order valence-corrected chi connectivity index (χ2v) is 6.75. The van der Waals surface area contributed by atoms with Gasteiger partial charge in [-0.2, -0.15) is 0 Å². The zero-order valence-electron chi connectivity index (χ0n) is 15.9. The van der Waals surface area contributed by atoms with E-state index in [9.17, 15) is 14.0 Å². The van der Waals surface area contributed by atoms with Crippen LogP contribution < -0.4 is 0 Å². The van der Waals surface area contributed by atoms with Crippen molar-refractivity contribution in [3.63, 3.8) is 0 Å². The number of carbonyl (C=O) groups excluding carboxylic acids is 2. The van der Waals surface area contributed by atoms with E-state index in [1.165, 1.54) is 29.2 Å². The summed E-state index contributed by atoms with van der Waals surface area (Å²) in [7, 11) is 0. The Hall–Kier alpha value is -3.89. The quantitative estimate of drug-likeness (QED) is 0.579. The van der Waals surface area contributed by atoms with Crippen molar-refractivity contribution < 1.29 is 23.5 Å². The fourth-order valence-electron chi connectivity index (χ4n) is 3.38. The molecule has 0 aromatic heterocycles. The van der Waals surface area contributed by atoms with Crippen molar-refractivity contribution in [2.24, 2.45) is 0 Å². The molecule has 1 heterocycles. The summed E-state index contributed by atoms with van der Waals surface area (Å²) in [4.78, 5) is 26.1. The van der Waals surface area contributed by atoms with Crippen LogP contribution in [0.25, 0.3) is 0 Å². The van der Waals surface area contributed by atoms with Crippen LogP contribution >= 0.6 is 0 Å². The summed E-state index contributed by atoms with van der Waals surface area (Å²) in [6, 6.07) is 23.0. The summed E-state index contributed by atoms with van der Waals surface area (Å²) >= 11 is 0. The first-order valence-corrected chi connectivity index (χ1v) is 9.38. The number of amides is 1. The van der Waals surface area contributed by atoms with Gasteiger partial charge in [0.05, 0.1) is 0 Å². The number of carbonyl (C=O) groups is 1. The molecule has 1 aliphatic heterocycles. The minimum absolute atomic E-state index is 0.0628. The van der Waals surface area contributed by atoms with E-state index in [4.69, 9.17) is 9.47 Å². The Labute approximate surface area is 173 Å². The molecule has 0 spiro atoms. The number of ether oxygens (including phenoxy) is 2. The lowest BCUT2D eigenvalue weighted by atomic mass is 10.0. The Morgan fingerprint density at radius 1 is 0.933 bits per heavy atom. The summed E-state index contributed by atoms with van der Waals surface area (Å²) in [5.74, 6) is 1.30. The Morgan fingerprint density at radius 3 is 2.20 bits per heavy atom. The molecule has 5 nitrogen and oxygen atoms in total. The Balaban J connectivity index is 1.69. The van der Waals surface area contributed by atoms with Crippen molar-refractivity contribution in [1.82, 2.24) is 4.90 Å². The van der Waals surface area contributed by atoms with E-state index in [1.54, 1.807) is 18.1 Å². The molecule has 6 heteroatoms. The van der Waals surface area contributed by atoms with Crippen LogP contribution in [0.4, 0.5) is 9.18 Å². The maximum absolute atomic E-state index is 13.4. The SMILES string of the molecule is O=C=C1O[C@H](c2ccccc2)N(C(=O)OCc2ccccc2)[C@H]1c1ccc(F)cc1. The van der Waals surface area contributed by atoms with Crippen molar-refractivity contribution in [3.8, 4) is 0 Å². The third-order valence-corrected chi connectivity index (χ3v) is 4.80. The van der Waals surface area contributed by atoms with Crippen LogP contribution in [0.2, 0.25) is 0 Å². The largest absolute Gasteiger partial charge is 0.456 e. The molecule has 1 saturated heterocycles. The van der Waals surface area contributed by atoms with Crippen LogP contribution in [-0.2, 0) is 20.9 Å². The van der Waals surface area contributed by atoms with Crippen molar-refractivity contribution in [1.29, 1.82) is 0 Å². The van der Waals surface area contributed by atoms with Crippen molar-refractivity contribution in [2.75, 3.05) is 0 Å². The van der Waals surface area contributed by atoms with E-state index in [-0.39, 0.29) is 12.4 Å². The van der Waals surface area contributed by atoms with Crippen molar-refractivity contribution in [3.05, 3.63) is 113 Å². The average Bonchev–Trinajstić information content (AvgIpc) is 3.19. The molecule has 0 radical (unpaired) electrons. The van der Waals surface area contributed by atoms with Gasteiger partial charge in [-0.15, -0.1) is 0 Å². The number of halogens is 1. The van der Waals surface area contributed by atoms with Crippen LogP contribution in [0.5, 0.6) is 0 Å². The van der Waals surface area contributed by atoms with Gasteiger partial charge in [0.15, 0.2) is 5.94 Å². The normalized spacial score (nSPS) is 17.9. The highest BCUT2D eigenvalue weighted by atomic mass is 19.1. The van der Waals surface area contributed by atoms with Gasteiger partial charge in [0.2, 0.25) is 12.0 Å². The molecule has 3 aromatic carbocycles. The first-order chi connectivity index (χ1) is 14.7. The Bertz CT molecular complexity index is 1060. The molecular weight excluding hydrogens is 385 g/mol. The van der Waals surface area contributed by atoms with Gasteiger partial charge in [-0.05, 0) is 23.3 Å². The third kappa shape index (κ3) is 3.95. The standard InChI is InChI=1S/C24H18FNO4/c25-20-13-11-18(12-14-20)22-21(15-27)30-23(19-9-5-2-6-10-19)26(22)24(28)29-16-17-7-3-1-4-8-17/h1-14,22-23H,16H2/t22-,23+/m0/s1. The number of benzene rings is 3. The molecule has 150 valence electrons. The lowest BCUT2D eigenvalue weighted by molar-refractivity contribution is 0.0269. The van der Waals surface area contributed by atoms with Crippen LogP contribution in [0, 0.1) is 5.82 Å². The average molecular weight is 403 g/mol. The molecule has 30 heavy (non-hydrogen) atoms. The Morgan fingerprint density at radius 2 is 1.57 bits per heavy atom. The van der Waals surface area contributed by atoms with Crippen LogP contribution in [-0.4, -0.2) is 16.9 Å². The van der Waals surface area contributed by atoms with Gasteiger partial charge < -0.3 is 9.47 Å².